The standard InChI is InChI=1S/C9H17N2O2/c1-9(2,3)7(10-6-12)8(13)11(4)5/h7H,1-5H3,(H,10,12). The van der Waals surface area contributed by atoms with Gasteiger partial charge in [-0.25, -0.2) is 0 Å². The molecule has 4 nitrogen and oxygen atoms in total. The zero-order valence-corrected chi connectivity index (χ0v) is 8.84. The lowest BCUT2D eigenvalue weighted by atomic mass is 9.86. The average molecular weight is 185 g/mol. The molecule has 0 rings (SSSR count). The molecule has 4 heteroatoms. The lowest BCUT2D eigenvalue weighted by molar-refractivity contribution is -0.133. The number of nitrogens with zero attached hydrogens (tertiary/aromatic N) is 1. The van der Waals surface area contributed by atoms with Gasteiger partial charge in [-0.05, 0) is 5.41 Å². The molecule has 0 aromatic rings. The topological polar surface area (TPSA) is 49.4 Å². The van der Waals surface area contributed by atoms with Crippen LogP contribution in [-0.2, 0) is 9.59 Å². The number of hydrogen-bond donors (Lipinski definition) is 1. The largest absolute Gasteiger partial charge is 0.347 e. The van der Waals surface area contributed by atoms with Gasteiger partial charge in [-0.3, -0.25) is 9.59 Å². The Morgan fingerprint density at radius 3 is 2.08 bits per heavy atom. The molecule has 0 spiro atoms. The van der Waals surface area contributed by atoms with E-state index in [1.807, 2.05) is 20.8 Å². The maximum atomic E-state index is 11.6. The molecule has 2 amide bonds. The number of rotatable bonds is 3. The molecule has 0 bridgehead atoms. The molecule has 75 valence electrons. The molecule has 0 heterocycles. The molecule has 1 N–H and O–H groups in total. The maximum absolute atomic E-state index is 11.6. The van der Waals surface area contributed by atoms with Crippen molar-refractivity contribution in [3.05, 3.63) is 0 Å². The SMILES string of the molecule is CN(C)C(=O)C(N[C]=O)C(C)(C)C. The summed E-state index contributed by atoms with van der Waals surface area (Å²) < 4.78 is 0. The molecule has 0 aromatic carbocycles. The van der Waals surface area contributed by atoms with Crippen LogP contribution in [0.1, 0.15) is 20.8 Å². The highest BCUT2D eigenvalue weighted by molar-refractivity contribution is 5.84. The smallest absolute Gasteiger partial charge is 0.310 e. The molecule has 0 aliphatic rings. The minimum Gasteiger partial charge on any atom is -0.347 e. The van der Waals surface area contributed by atoms with Crippen LogP contribution in [0.25, 0.3) is 0 Å². The summed E-state index contributed by atoms with van der Waals surface area (Å²) >= 11 is 0. The molecule has 13 heavy (non-hydrogen) atoms. The Kier molecular flexibility index (Phi) is 3.91. The van der Waals surface area contributed by atoms with Crippen molar-refractivity contribution < 1.29 is 9.59 Å². The Hall–Kier alpha value is -1.06. The minimum absolute atomic E-state index is 0.115. The second kappa shape index (κ2) is 4.25. The fraction of sp³-hybridized carbons (Fsp3) is 0.778. The van der Waals surface area contributed by atoms with E-state index in [4.69, 9.17) is 0 Å². The van der Waals surface area contributed by atoms with Gasteiger partial charge in [-0.15, -0.1) is 0 Å². The average Bonchev–Trinajstić information content (AvgIpc) is 1.96. The molecule has 1 radical (unpaired) electrons. The van der Waals surface area contributed by atoms with Crippen molar-refractivity contribution in [1.82, 2.24) is 10.2 Å². The number of likely N-dealkylation sites (N-methyl/N-ethyl adjacent to an activating group) is 1. The molecule has 0 saturated carbocycles. The zero-order valence-electron chi connectivity index (χ0n) is 8.84. The third-order valence-electron chi connectivity index (χ3n) is 1.76. The van der Waals surface area contributed by atoms with Crippen molar-refractivity contribution in [3.8, 4) is 0 Å². The molecular formula is C9H17N2O2. The van der Waals surface area contributed by atoms with E-state index in [-0.39, 0.29) is 11.3 Å². The number of nitrogens with one attached hydrogen (secondary N) is 1. The maximum Gasteiger partial charge on any atom is 0.310 e. The third-order valence-corrected chi connectivity index (χ3v) is 1.76. The van der Waals surface area contributed by atoms with Crippen LogP contribution >= 0.6 is 0 Å². The summed E-state index contributed by atoms with van der Waals surface area (Å²) in [5.41, 5.74) is -0.293. The van der Waals surface area contributed by atoms with E-state index in [2.05, 4.69) is 5.32 Å². The van der Waals surface area contributed by atoms with Gasteiger partial charge in [0.15, 0.2) is 0 Å². The van der Waals surface area contributed by atoms with Gasteiger partial charge in [-0.1, -0.05) is 20.8 Å². The van der Waals surface area contributed by atoms with Crippen LogP contribution in [0.4, 0.5) is 0 Å². The van der Waals surface area contributed by atoms with E-state index in [0.717, 1.165) is 0 Å². The van der Waals surface area contributed by atoms with E-state index in [1.54, 1.807) is 20.5 Å². The Labute approximate surface area is 79.3 Å². The van der Waals surface area contributed by atoms with E-state index in [1.165, 1.54) is 4.90 Å². The van der Waals surface area contributed by atoms with Crippen LogP contribution in [0.2, 0.25) is 0 Å². The van der Waals surface area contributed by atoms with Gasteiger partial charge < -0.3 is 10.2 Å². The Balaban J connectivity index is 4.61. The first-order valence-corrected chi connectivity index (χ1v) is 4.14. The quantitative estimate of drug-likeness (QED) is 0.636. The third kappa shape index (κ3) is 3.44. The first kappa shape index (κ1) is 11.9. The zero-order chi connectivity index (χ0) is 10.6. The predicted molar refractivity (Wildman–Crippen MR) is 50.8 cm³/mol. The Morgan fingerprint density at radius 2 is 1.85 bits per heavy atom. The molecule has 0 aromatic heterocycles. The first-order valence-electron chi connectivity index (χ1n) is 4.14. The van der Waals surface area contributed by atoms with Crippen molar-refractivity contribution >= 4 is 12.3 Å². The molecule has 0 aliphatic carbocycles. The van der Waals surface area contributed by atoms with Crippen molar-refractivity contribution in [2.75, 3.05) is 14.1 Å². The lowest BCUT2D eigenvalue weighted by Gasteiger charge is -2.30. The van der Waals surface area contributed by atoms with Gasteiger partial charge >= 0.3 is 6.41 Å². The van der Waals surface area contributed by atoms with Crippen molar-refractivity contribution in [2.24, 2.45) is 5.41 Å². The summed E-state index contributed by atoms with van der Waals surface area (Å²) in [6, 6.07) is -0.514. The highest BCUT2D eigenvalue weighted by atomic mass is 16.2. The fourth-order valence-electron chi connectivity index (χ4n) is 0.966. The Bertz CT molecular complexity index is 194. The number of amides is 2. The van der Waals surface area contributed by atoms with Crippen LogP contribution < -0.4 is 5.32 Å². The second-order valence-corrected chi connectivity index (χ2v) is 4.28. The highest BCUT2D eigenvalue weighted by Gasteiger charge is 2.31. The second-order valence-electron chi connectivity index (χ2n) is 4.28. The first-order chi connectivity index (χ1) is 5.80. The van der Waals surface area contributed by atoms with Crippen LogP contribution in [0.15, 0.2) is 0 Å². The molecular weight excluding hydrogens is 168 g/mol. The molecule has 0 aliphatic heterocycles. The molecule has 1 atom stereocenters. The summed E-state index contributed by atoms with van der Waals surface area (Å²) in [7, 11) is 3.32. The van der Waals surface area contributed by atoms with Crippen LogP contribution in [0.3, 0.4) is 0 Å². The van der Waals surface area contributed by atoms with Gasteiger partial charge in [0.05, 0.1) is 0 Å². The van der Waals surface area contributed by atoms with Gasteiger partial charge in [0.1, 0.15) is 6.04 Å². The summed E-state index contributed by atoms with van der Waals surface area (Å²) in [5.74, 6) is -0.115. The van der Waals surface area contributed by atoms with Crippen LogP contribution in [0.5, 0.6) is 0 Å². The summed E-state index contributed by atoms with van der Waals surface area (Å²) in [4.78, 5) is 23.2. The van der Waals surface area contributed by atoms with Gasteiger partial charge in [-0.2, -0.15) is 0 Å². The molecule has 1 unspecified atom stereocenters. The summed E-state index contributed by atoms with van der Waals surface area (Å²) in [5, 5.41) is 2.41. The van der Waals surface area contributed by atoms with Crippen molar-refractivity contribution in [3.63, 3.8) is 0 Å². The fourth-order valence-corrected chi connectivity index (χ4v) is 0.966. The van der Waals surface area contributed by atoms with Crippen LogP contribution in [0, 0.1) is 5.41 Å². The number of carbonyl (C=O) groups excluding carboxylic acids is 2. The van der Waals surface area contributed by atoms with Gasteiger partial charge in [0.25, 0.3) is 0 Å². The van der Waals surface area contributed by atoms with Crippen LogP contribution in [-0.4, -0.2) is 37.4 Å². The number of carbonyl (C=O) groups is 1. The normalized spacial score (nSPS) is 13.3. The monoisotopic (exact) mass is 185 g/mol. The van der Waals surface area contributed by atoms with E-state index >= 15 is 0 Å². The summed E-state index contributed by atoms with van der Waals surface area (Å²) in [6.07, 6.45) is 1.56. The van der Waals surface area contributed by atoms with E-state index < -0.39 is 6.04 Å². The summed E-state index contributed by atoms with van der Waals surface area (Å²) in [6.45, 7) is 5.68. The molecule has 0 fully saturated rings. The highest BCUT2D eigenvalue weighted by Crippen LogP contribution is 2.19. The van der Waals surface area contributed by atoms with Crippen molar-refractivity contribution in [2.45, 2.75) is 26.8 Å². The van der Waals surface area contributed by atoms with Gasteiger partial charge in [0.2, 0.25) is 5.91 Å². The number of hydrogen-bond acceptors (Lipinski definition) is 2. The van der Waals surface area contributed by atoms with Gasteiger partial charge in [0, 0.05) is 14.1 Å². The minimum atomic E-state index is -0.514. The van der Waals surface area contributed by atoms with E-state index in [9.17, 15) is 9.59 Å². The Morgan fingerprint density at radius 1 is 1.38 bits per heavy atom. The molecule has 0 saturated heterocycles. The van der Waals surface area contributed by atoms with Crippen molar-refractivity contribution in [1.29, 1.82) is 0 Å². The lowest BCUT2D eigenvalue weighted by Crippen LogP contribution is -2.50. The van der Waals surface area contributed by atoms with E-state index in [0.29, 0.717) is 0 Å². The predicted octanol–water partition coefficient (Wildman–Crippen LogP) is 0.146.